The van der Waals surface area contributed by atoms with Crippen LogP contribution in [0.5, 0.6) is 17.2 Å². The van der Waals surface area contributed by atoms with Gasteiger partial charge in [-0.05, 0) is 55.5 Å². The minimum absolute atomic E-state index is 0.0570. The lowest BCUT2D eigenvalue weighted by atomic mass is 9.97. The van der Waals surface area contributed by atoms with Crippen molar-refractivity contribution in [3.05, 3.63) is 53.6 Å². The molecule has 2 heterocycles. The second kappa shape index (κ2) is 7.28. The lowest BCUT2D eigenvalue weighted by molar-refractivity contribution is 0.0660. The van der Waals surface area contributed by atoms with E-state index in [9.17, 15) is 4.79 Å². The van der Waals surface area contributed by atoms with E-state index in [-0.39, 0.29) is 12.7 Å². The van der Waals surface area contributed by atoms with Crippen molar-refractivity contribution in [2.45, 2.75) is 19.8 Å². The summed E-state index contributed by atoms with van der Waals surface area (Å²) in [5.74, 6) is 2.84. The molecule has 0 spiro atoms. The number of carbonyl (C=O) groups is 1. The quantitative estimate of drug-likeness (QED) is 0.842. The number of nitrogens with zero attached hydrogens (tertiary/aromatic N) is 1. The van der Waals surface area contributed by atoms with Crippen LogP contribution in [0.3, 0.4) is 0 Å². The largest absolute Gasteiger partial charge is 0.493 e. The summed E-state index contributed by atoms with van der Waals surface area (Å²) in [4.78, 5) is 14.6. The van der Waals surface area contributed by atoms with Gasteiger partial charge in [-0.3, -0.25) is 4.79 Å². The van der Waals surface area contributed by atoms with Crippen molar-refractivity contribution in [3.8, 4) is 17.2 Å². The maximum Gasteiger partial charge on any atom is 0.253 e. The molecule has 1 fully saturated rings. The zero-order valence-corrected chi connectivity index (χ0v) is 14.9. The molecular weight excluding hydrogens is 330 g/mol. The lowest BCUT2D eigenvalue weighted by Crippen LogP contribution is -2.39. The zero-order valence-electron chi connectivity index (χ0n) is 14.9. The van der Waals surface area contributed by atoms with Gasteiger partial charge in [0.15, 0.2) is 11.5 Å². The topological polar surface area (TPSA) is 48.0 Å². The Hall–Kier alpha value is -2.69. The van der Waals surface area contributed by atoms with E-state index < -0.39 is 0 Å². The molecule has 1 amide bonds. The van der Waals surface area contributed by atoms with Crippen LogP contribution in [-0.4, -0.2) is 37.3 Å². The summed E-state index contributed by atoms with van der Waals surface area (Å²) in [5.41, 5.74) is 1.81. The van der Waals surface area contributed by atoms with E-state index in [4.69, 9.17) is 14.2 Å². The van der Waals surface area contributed by atoms with Crippen LogP contribution in [0, 0.1) is 12.8 Å². The Balaban J connectivity index is 1.30. The highest BCUT2D eigenvalue weighted by molar-refractivity contribution is 5.95. The van der Waals surface area contributed by atoms with Crippen LogP contribution in [0.1, 0.15) is 28.8 Å². The first-order valence-electron chi connectivity index (χ1n) is 9.08. The number of hydrogen-bond acceptors (Lipinski definition) is 4. The number of benzene rings is 2. The first kappa shape index (κ1) is 16.8. The molecule has 2 aliphatic heterocycles. The summed E-state index contributed by atoms with van der Waals surface area (Å²) in [5, 5.41) is 0. The number of ether oxygens (including phenoxy) is 3. The molecule has 26 heavy (non-hydrogen) atoms. The molecule has 0 radical (unpaired) electrons. The normalized spacial score (nSPS) is 16.6. The number of aryl methyl sites for hydroxylation is 1. The SMILES string of the molecule is Cc1ccccc1OCC1CCN(C(=O)c2ccc3c(c2)OCO3)CC1. The minimum Gasteiger partial charge on any atom is -0.493 e. The fourth-order valence-corrected chi connectivity index (χ4v) is 3.44. The van der Waals surface area contributed by atoms with E-state index >= 15 is 0 Å². The summed E-state index contributed by atoms with van der Waals surface area (Å²) in [6.45, 7) is 4.50. The molecule has 0 bridgehead atoms. The second-order valence-electron chi connectivity index (χ2n) is 6.88. The summed E-state index contributed by atoms with van der Waals surface area (Å²) in [7, 11) is 0. The average molecular weight is 353 g/mol. The third kappa shape index (κ3) is 3.47. The van der Waals surface area contributed by atoms with E-state index in [1.165, 1.54) is 0 Å². The number of hydrogen-bond donors (Lipinski definition) is 0. The number of piperidine rings is 1. The maximum absolute atomic E-state index is 12.7. The van der Waals surface area contributed by atoms with Gasteiger partial charge in [-0.25, -0.2) is 0 Å². The van der Waals surface area contributed by atoms with Gasteiger partial charge in [0.05, 0.1) is 6.61 Å². The molecule has 2 aromatic rings. The van der Waals surface area contributed by atoms with E-state index in [2.05, 4.69) is 13.0 Å². The molecule has 0 unspecified atom stereocenters. The highest BCUT2D eigenvalue weighted by atomic mass is 16.7. The molecule has 2 aromatic carbocycles. The smallest absolute Gasteiger partial charge is 0.253 e. The van der Waals surface area contributed by atoms with Crippen molar-refractivity contribution in [1.29, 1.82) is 0 Å². The Morgan fingerprint density at radius 1 is 1.12 bits per heavy atom. The van der Waals surface area contributed by atoms with Gasteiger partial charge in [-0.1, -0.05) is 18.2 Å². The third-order valence-corrected chi connectivity index (χ3v) is 5.09. The highest BCUT2D eigenvalue weighted by Gasteiger charge is 2.25. The standard InChI is InChI=1S/C21H23NO4/c1-15-4-2-3-5-18(15)24-13-16-8-10-22(11-9-16)21(23)17-6-7-19-20(12-17)26-14-25-19/h2-7,12,16H,8-11,13-14H2,1H3. The van der Waals surface area contributed by atoms with Crippen LogP contribution in [0.15, 0.2) is 42.5 Å². The first-order valence-corrected chi connectivity index (χ1v) is 9.08. The van der Waals surface area contributed by atoms with Gasteiger partial charge >= 0.3 is 0 Å². The fourth-order valence-electron chi connectivity index (χ4n) is 3.44. The number of amides is 1. The average Bonchev–Trinajstić information content (AvgIpc) is 3.15. The van der Waals surface area contributed by atoms with Gasteiger partial charge in [0.1, 0.15) is 5.75 Å². The van der Waals surface area contributed by atoms with E-state index in [0.29, 0.717) is 29.6 Å². The van der Waals surface area contributed by atoms with E-state index in [1.54, 1.807) is 12.1 Å². The molecule has 136 valence electrons. The minimum atomic E-state index is 0.0570. The molecule has 0 aliphatic carbocycles. The fraction of sp³-hybridized carbons (Fsp3) is 0.381. The Morgan fingerprint density at radius 3 is 2.69 bits per heavy atom. The zero-order chi connectivity index (χ0) is 17.9. The van der Waals surface area contributed by atoms with Gasteiger partial charge < -0.3 is 19.1 Å². The van der Waals surface area contributed by atoms with E-state index in [1.807, 2.05) is 29.2 Å². The molecule has 1 saturated heterocycles. The van der Waals surface area contributed by atoms with Gasteiger partial charge in [-0.15, -0.1) is 0 Å². The predicted molar refractivity (Wildman–Crippen MR) is 97.9 cm³/mol. The van der Waals surface area contributed by atoms with Crippen molar-refractivity contribution >= 4 is 5.91 Å². The molecule has 5 nitrogen and oxygen atoms in total. The molecule has 0 aromatic heterocycles. The van der Waals surface area contributed by atoms with Crippen molar-refractivity contribution in [1.82, 2.24) is 4.90 Å². The molecule has 0 N–H and O–H groups in total. The lowest BCUT2D eigenvalue weighted by Gasteiger charge is -2.32. The summed E-state index contributed by atoms with van der Waals surface area (Å²) in [6, 6.07) is 13.5. The number of rotatable bonds is 4. The Kier molecular flexibility index (Phi) is 4.69. The first-order chi connectivity index (χ1) is 12.7. The molecule has 0 atom stereocenters. The third-order valence-electron chi connectivity index (χ3n) is 5.09. The van der Waals surface area contributed by atoms with Crippen LogP contribution in [0.25, 0.3) is 0 Å². The van der Waals surface area contributed by atoms with Crippen LogP contribution in [-0.2, 0) is 0 Å². The molecule has 2 aliphatic rings. The van der Waals surface area contributed by atoms with Gasteiger partial charge in [0.25, 0.3) is 5.91 Å². The predicted octanol–water partition coefficient (Wildman–Crippen LogP) is 3.65. The van der Waals surface area contributed by atoms with Crippen LogP contribution in [0.2, 0.25) is 0 Å². The van der Waals surface area contributed by atoms with Gasteiger partial charge in [-0.2, -0.15) is 0 Å². The highest BCUT2D eigenvalue weighted by Crippen LogP contribution is 2.33. The summed E-state index contributed by atoms with van der Waals surface area (Å²) in [6.07, 6.45) is 1.92. The monoisotopic (exact) mass is 353 g/mol. The Bertz CT molecular complexity index is 796. The number of carbonyl (C=O) groups excluding carboxylic acids is 1. The van der Waals surface area contributed by atoms with Crippen LogP contribution < -0.4 is 14.2 Å². The van der Waals surface area contributed by atoms with Crippen molar-refractivity contribution in [2.24, 2.45) is 5.92 Å². The maximum atomic E-state index is 12.7. The van der Waals surface area contributed by atoms with Crippen molar-refractivity contribution in [2.75, 3.05) is 26.5 Å². The Morgan fingerprint density at radius 2 is 1.88 bits per heavy atom. The van der Waals surface area contributed by atoms with Crippen molar-refractivity contribution < 1.29 is 19.0 Å². The van der Waals surface area contributed by atoms with Crippen molar-refractivity contribution in [3.63, 3.8) is 0 Å². The molecule has 5 heteroatoms. The van der Waals surface area contributed by atoms with Crippen LogP contribution in [0.4, 0.5) is 0 Å². The summed E-state index contributed by atoms with van der Waals surface area (Å²) >= 11 is 0. The molecular formula is C21H23NO4. The number of fused-ring (bicyclic) bond motifs is 1. The number of likely N-dealkylation sites (tertiary alicyclic amines) is 1. The summed E-state index contributed by atoms with van der Waals surface area (Å²) < 4.78 is 16.6. The van der Waals surface area contributed by atoms with E-state index in [0.717, 1.165) is 37.2 Å². The van der Waals surface area contributed by atoms with Gasteiger partial charge in [0, 0.05) is 18.7 Å². The number of para-hydroxylation sites is 1. The molecule has 0 saturated carbocycles. The second-order valence-corrected chi connectivity index (χ2v) is 6.88. The van der Waals surface area contributed by atoms with Gasteiger partial charge in [0.2, 0.25) is 6.79 Å². The Labute approximate surface area is 153 Å². The van der Waals surface area contributed by atoms with Crippen LogP contribution >= 0.6 is 0 Å². The molecule has 4 rings (SSSR count).